The Bertz CT molecular complexity index is 874. The van der Waals surface area contributed by atoms with Gasteiger partial charge in [-0.05, 0) is 48.7 Å². The van der Waals surface area contributed by atoms with Crippen LogP contribution in [0, 0.1) is 0 Å². The average molecular weight is 316 g/mol. The van der Waals surface area contributed by atoms with Crippen molar-refractivity contribution in [2.75, 3.05) is 0 Å². The summed E-state index contributed by atoms with van der Waals surface area (Å²) < 4.78 is 28.3. The Morgan fingerprint density at radius 1 is 1.14 bits per heavy atom. The Balaban J connectivity index is 2.60. The summed E-state index contributed by atoms with van der Waals surface area (Å²) in [6.45, 7) is 3.00. The van der Waals surface area contributed by atoms with E-state index < -0.39 is 15.8 Å². The molecule has 22 heavy (non-hydrogen) atoms. The largest absolute Gasteiger partial charge is 0.289 e. The summed E-state index contributed by atoms with van der Waals surface area (Å²) in [7, 11) is -3.91. The van der Waals surface area contributed by atoms with Crippen molar-refractivity contribution in [1.29, 1.82) is 0 Å². The fraction of sp³-hybridized carbons (Fsp3) is 0.143. The molecule has 8 heteroatoms. The quantitative estimate of drug-likeness (QED) is 0.369. The first kappa shape index (κ1) is 15.7. The highest BCUT2D eigenvalue weighted by Gasteiger charge is 2.23. The molecule has 0 spiro atoms. The molecule has 0 heterocycles. The molecule has 0 amide bonds. The Labute approximate surface area is 127 Å². The van der Waals surface area contributed by atoms with Crippen molar-refractivity contribution in [3.63, 3.8) is 0 Å². The molecular weight excluding hydrogens is 304 g/mol. The average Bonchev–Trinajstić information content (AvgIpc) is 2.50. The SMILES string of the molecule is CC1=CC(=NS(=O)(=O)c2ccccc2)C(C)=C(N=[N+]=[N-])C1=O. The van der Waals surface area contributed by atoms with Crippen LogP contribution >= 0.6 is 0 Å². The van der Waals surface area contributed by atoms with Gasteiger partial charge in [0.25, 0.3) is 10.0 Å². The van der Waals surface area contributed by atoms with Crippen LogP contribution in [0.1, 0.15) is 13.8 Å². The molecule has 0 bridgehead atoms. The highest BCUT2D eigenvalue weighted by Crippen LogP contribution is 2.23. The van der Waals surface area contributed by atoms with Gasteiger partial charge in [-0.3, -0.25) is 4.79 Å². The summed E-state index contributed by atoms with van der Waals surface area (Å²) in [5, 5.41) is 3.34. The van der Waals surface area contributed by atoms with Gasteiger partial charge in [-0.15, -0.1) is 0 Å². The maximum absolute atomic E-state index is 12.3. The second-order valence-corrected chi connectivity index (χ2v) is 6.19. The molecule has 1 aliphatic carbocycles. The van der Waals surface area contributed by atoms with Crippen LogP contribution in [0.3, 0.4) is 0 Å². The molecule has 1 aliphatic rings. The fourth-order valence-corrected chi connectivity index (χ4v) is 2.95. The van der Waals surface area contributed by atoms with E-state index in [1.807, 2.05) is 0 Å². The molecule has 0 fully saturated rings. The van der Waals surface area contributed by atoms with Gasteiger partial charge in [0.1, 0.15) is 0 Å². The lowest BCUT2D eigenvalue weighted by molar-refractivity contribution is -0.112. The third-order valence-corrected chi connectivity index (χ3v) is 4.38. The number of nitrogens with zero attached hydrogens (tertiary/aromatic N) is 4. The van der Waals surface area contributed by atoms with Crippen LogP contribution in [0.5, 0.6) is 0 Å². The number of Topliss-reactive ketones (excluding diaryl/α,β-unsaturated/α-hetero) is 1. The van der Waals surface area contributed by atoms with Crippen LogP contribution in [0.15, 0.2) is 67.7 Å². The van der Waals surface area contributed by atoms with E-state index in [-0.39, 0.29) is 27.5 Å². The van der Waals surface area contributed by atoms with E-state index in [0.717, 1.165) is 0 Å². The third-order valence-electron chi connectivity index (χ3n) is 3.07. The molecule has 0 saturated heterocycles. The van der Waals surface area contributed by atoms with Crippen LogP contribution in [-0.2, 0) is 14.8 Å². The zero-order valence-electron chi connectivity index (χ0n) is 11.9. The van der Waals surface area contributed by atoms with Crippen molar-refractivity contribution in [1.82, 2.24) is 0 Å². The van der Waals surface area contributed by atoms with Crippen molar-refractivity contribution in [2.45, 2.75) is 18.7 Å². The van der Waals surface area contributed by atoms with E-state index >= 15 is 0 Å². The van der Waals surface area contributed by atoms with Crippen molar-refractivity contribution in [3.8, 4) is 0 Å². The number of hydrogen-bond acceptors (Lipinski definition) is 4. The highest BCUT2D eigenvalue weighted by atomic mass is 32.2. The lowest BCUT2D eigenvalue weighted by Gasteiger charge is -2.13. The van der Waals surface area contributed by atoms with Crippen molar-refractivity contribution < 1.29 is 13.2 Å². The number of sulfonamides is 1. The summed E-state index contributed by atoms with van der Waals surface area (Å²) >= 11 is 0. The zero-order chi connectivity index (χ0) is 16.3. The van der Waals surface area contributed by atoms with Gasteiger partial charge < -0.3 is 0 Å². The minimum Gasteiger partial charge on any atom is -0.289 e. The van der Waals surface area contributed by atoms with Crippen LogP contribution in [0.4, 0.5) is 0 Å². The first-order valence-corrected chi connectivity index (χ1v) is 7.70. The third kappa shape index (κ3) is 2.98. The predicted molar refractivity (Wildman–Crippen MR) is 81.7 cm³/mol. The van der Waals surface area contributed by atoms with Crippen LogP contribution in [0.25, 0.3) is 10.4 Å². The molecule has 0 atom stereocenters. The number of azide groups is 1. The number of carbonyl (C=O) groups is 1. The van der Waals surface area contributed by atoms with Crippen LogP contribution in [-0.4, -0.2) is 19.9 Å². The maximum Gasteiger partial charge on any atom is 0.282 e. The normalized spacial score (nSPS) is 17.3. The summed E-state index contributed by atoms with van der Waals surface area (Å²) in [4.78, 5) is 14.6. The maximum atomic E-state index is 12.3. The first-order chi connectivity index (χ1) is 10.4. The molecular formula is C14H12N4O3S. The number of rotatable bonds is 3. The van der Waals surface area contributed by atoms with Crippen LogP contribution < -0.4 is 0 Å². The number of ketones is 1. The van der Waals surface area contributed by atoms with Crippen LogP contribution in [0.2, 0.25) is 0 Å². The fourth-order valence-electron chi connectivity index (χ4n) is 1.89. The number of hydrogen-bond donors (Lipinski definition) is 0. The Kier molecular flexibility index (Phi) is 4.25. The summed E-state index contributed by atoms with van der Waals surface area (Å²) in [6, 6.07) is 7.73. The van der Waals surface area contributed by atoms with Crippen molar-refractivity contribution in [2.24, 2.45) is 9.51 Å². The van der Waals surface area contributed by atoms with Gasteiger partial charge >= 0.3 is 0 Å². The van der Waals surface area contributed by atoms with E-state index in [1.165, 1.54) is 32.1 Å². The summed E-state index contributed by atoms with van der Waals surface area (Å²) in [5.74, 6) is -0.439. The smallest absolute Gasteiger partial charge is 0.282 e. The Morgan fingerprint density at radius 2 is 1.77 bits per heavy atom. The monoisotopic (exact) mass is 316 g/mol. The highest BCUT2D eigenvalue weighted by molar-refractivity contribution is 7.90. The molecule has 0 saturated carbocycles. The zero-order valence-corrected chi connectivity index (χ0v) is 12.7. The van der Waals surface area contributed by atoms with E-state index in [0.29, 0.717) is 0 Å². The molecule has 1 aromatic carbocycles. The topological polar surface area (TPSA) is 112 Å². The van der Waals surface area contributed by atoms with E-state index in [4.69, 9.17) is 5.53 Å². The molecule has 0 aromatic heterocycles. The second kappa shape index (κ2) is 5.97. The molecule has 0 N–H and O–H groups in total. The van der Waals surface area contributed by atoms with E-state index in [1.54, 1.807) is 18.2 Å². The Hall–Kier alpha value is -2.70. The molecule has 112 valence electrons. The lowest BCUT2D eigenvalue weighted by atomic mass is 9.96. The molecule has 0 unspecified atom stereocenters. The lowest BCUT2D eigenvalue weighted by Crippen LogP contribution is -2.17. The van der Waals surface area contributed by atoms with Crippen molar-refractivity contribution >= 4 is 21.5 Å². The van der Waals surface area contributed by atoms with Gasteiger partial charge in [-0.2, -0.15) is 12.8 Å². The van der Waals surface area contributed by atoms with Gasteiger partial charge in [0.05, 0.1) is 16.3 Å². The summed E-state index contributed by atoms with van der Waals surface area (Å²) in [5.41, 5.74) is 8.97. The molecule has 7 nitrogen and oxygen atoms in total. The standard InChI is InChI=1S/C14H12N4O3S/c1-9-8-12(10(2)13(14(9)19)16-18-15)17-22(20,21)11-6-4-3-5-7-11/h3-8H,1-2H3. The molecule has 0 radical (unpaired) electrons. The van der Waals surface area contributed by atoms with Gasteiger partial charge in [-0.25, -0.2) is 0 Å². The second-order valence-electron chi connectivity index (χ2n) is 4.58. The van der Waals surface area contributed by atoms with Gasteiger partial charge in [-0.1, -0.05) is 23.3 Å². The number of allylic oxidation sites excluding steroid dienone is 3. The predicted octanol–water partition coefficient (Wildman–Crippen LogP) is 2.93. The number of carbonyl (C=O) groups excluding carboxylic acids is 1. The first-order valence-electron chi connectivity index (χ1n) is 6.26. The minimum atomic E-state index is -3.91. The summed E-state index contributed by atoms with van der Waals surface area (Å²) in [6.07, 6.45) is 1.37. The van der Waals surface area contributed by atoms with Gasteiger partial charge in [0.2, 0.25) is 0 Å². The van der Waals surface area contributed by atoms with Gasteiger partial charge in [0, 0.05) is 4.91 Å². The number of benzene rings is 1. The minimum absolute atomic E-state index is 0.0450. The van der Waals surface area contributed by atoms with E-state index in [9.17, 15) is 13.2 Å². The molecule has 0 aliphatic heterocycles. The molecule has 2 rings (SSSR count). The molecule has 1 aromatic rings. The Morgan fingerprint density at radius 3 is 2.36 bits per heavy atom. The van der Waals surface area contributed by atoms with Crippen molar-refractivity contribution in [3.05, 3.63) is 63.7 Å². The van der Waals surface area contributed by atoms with E-state index in [2.05, 4.69) is 14.4 Å². The van der Waals surface area contributed by atoms with Gasteiger partial charge in [0.15, 0.2) is 5.78 Å².